The lowest BCUT2D eigenvalue weighted by Gasteiger charge is -2.34. The fraction of sp³-hybridized carbons (Fsp3) is 0.483. The molecule has 3 saturated heterocycles. The van der Waals surface area contributed by atoms with Crippen molar-refractivity contribution < 1.29 is 29.0 Å². The molecule has 2 aromatic carbocycles. The lowest BCUT2D eigenvalue weighted by Crippen LogP contribution is -2.53. The molecule has 3 fully saturated rings. The first-order valence-electron chi connectivity index (χ1n) is 13.3. The topological polar surface area (TPSA) is 117 Å². The zero-order valence-corrected chi connectivity index (χ0v) is 21.8. The molecule has 5 atom stereocenters. The highest BCUT2D eigenvalue weighted by Gasteiger charge is 2.78. The van der Waals surface area contributed by atoms with E-state index in [1.54, 1.807) is 36.3 Å². The normalized spacial score (nSPS) is 29.3. The number of carbonyl (C=O) groups is 3. The predicted molar refractivity (Wildman–Crippen MR) is 142 cm³/mol. The highest BCUT2D eigenvalue weighted by molar-refractivity contribution is 6.05. The molecule has 5 rings (SSSR count). The van der Waals surface area contributed by atoms with E-state index >= 15 is 0 Å². The molecular formula is C29H35N3O6. The van der Waals surface area contributed by atoms with Gasteiger partial charge in [-0.15, -0.1) is 0 Å². The molecule has 3 heterocycles. The average molecular weight is 522 g/mol. The van der Waals surface area contributed by atoms with Gasteiger partial charge in [0, 0.05) is 24.5 Å². The maximum atomic E-state index is 14.0. The van der Waals surface area contributed by atoms with Crippen molar-refractivity contribution in [2.24, 2.45) is 11.8 Å². The molecule has 9 heteroatoms. The van der Waals surface area contributed by atoms with Gasteiger partial charge in [0.15, 0.2) is 0 Å². The van der Waals surface area contributed by atoms with E-state index in [4.69, 9.17) is 9.47 Å². The van der Waals surface area contributed by atoms with Gasteiger partial charge in [0.1, 0.15) is 17.4 Å². The van der Waals surface area contributed by atoms with E-state index in [1.807, 2.05) is 37.3 Å². The van der Waals surface area contributed by atoms with Crippen LogP contribution in [-0.4, -0.2) is 65.2 Å². The Morgan fingerprint density at radius 3 is 2.37 bits per heavy atom. The van der Waals surface area contributed by atoms with Crippen LogP contribution in [0.1, 0.15) is 39.0 Å². The predicted octanol–water partition coefficient (Wildman–Crippen LogP) is 3.20. The van der Waals surface area contributed by atoms with E-state index in [9.17, 15) is 19.5 Å². The largest absolute Gasteiger partial charge is 0.497 e. The zero-order chi connectivity index (χ0) is 26.9. The van der Waals surface area contributed by atoms with Gasteiger partial charge in [0.05, 0.1) is 24.5 Å². The van der Waals surface area contributed by atoms with E-state index in [0.29, 0.717) is 55.8 Å². The Labute approximate surface area is 222 Å². The summed E-state index contributed by atoms with van der Waals surface area (Å²) in [5, 5.41) is 15.3. The number of anilines is 2. The minimum absolute atomic E-state index is 0.00311. The molecule has 9 nitrogen and oxygen atoms in total. The standard InChI is InChI=1S/C29H35N3O6/c1-3-28-15-16-29(38-28)23(22(28)25(34)30-19-9-5-4-6-10-19)27(36)32(17-7-8-18-33)24(29)26(35)31-20-11-13-21(37-2)14-12-20/h4-6,9-14,22-24,33H,3,7-8,15-18H2,1-2H3,(H,30,34)(H,31,35)/t22-,23-,24?,28+,29?/m0/s1. The molecular weight excluding hydrogens is 486 g/mol. The number of aliphatic hydroxyl groups is 1. The lowest BCUT2D eigenvalue weighted by molar-refractivity contribution is -0.144. The second-order valence-corrected chi connectivity index (χ2v) is 10.4. The van der Waals surface area contributed by atoms with Gasteiger partial charge in [-0.1, -0.05) is 25.1 Å². The van der Waals surface area contributed by atoms with Crippen molar-refractivity contribution in [1.29, 1.82) is 0 Å². The van der Waals surface area contributed by atoms with Crippen LogP contribution < -0.4 is 15.4 Å². The number of amides is 3. The van der Waals surface area contributed by atoms with Gasteiger partial charge in [0.25, 0.3) is 0 Å². The van der Waals surface area contributed by atoms with Crippen molar-refractivity contribution in [1.82, 2.24) is 4.90 Å². The average Bonchev–Trinajstić information content (AvgIpc) is 3.53. The molecule has 0 aromatic heterocycles. The highest BCUT2D eigenvalue weighted by atomic mass is 16.5. The third kappa shape index (κ3) is 4.23. The summed E-state index contributed by atoms with van der Waals surface area (Å²) in [6, 6.07) is 15.3. The van der Waals surface area contributed by atoms with Crippen molar-refractivity contribution >= 4 is 29.1 Å². The van der Waals surface area contributed by atoms with E-state index in [-0.39, 0.29) is 24.3 Å². The lowest BCUT2D eigenvalue weighted by atomic mass is 9.65. The first-order chi connectivity index (χ1) is 18.4. The summed E-state index contributed by atoms with van der Waals surface area (Å²) in [5.74, 6) is -1.65. The maximum absolute atomic E-state index is 14.0. The minimum Gasteiger partial charge on any atom is -0.497 e. The van der Waals surface area contributed by atoms with Crippen molar-refractivity contribution in [2.45, 2.75) is 56.3 Å². The van der Waals surface area contributed by atoms with Gasteiger partial charge in [0.2, 0.25) is 17.7 Å². The number of nitrogens with one attached hydrogen (secondary N) is 2. The van der Waals surface area contributed by atoms with Crippen LogP contribution in [-0.2, 0) is 19.1 Å². The van der Waals surface area contributed by atoms with E-state index < -0.39 is 29.1 Å². The molecule has 2 unspecified atom stereocenters. The Balaban J connectivity index is 1.49. The Hall–Kier alpha value is -3.43. The molecule has 2 bridgehead atoms. The molecule has 3 N–H and O–H groups in total. The maximum Gasteiger partial charge on any atom is 0.250 e. The summed E-state index contributed by atoms with van der Waals surface area (Å²) in [4.78, 5) is 43.2. The van der Waals surface area contributed by atoms with Gasteiger partial charge in [-0.2, -0.15) is 0 Å². The second-order valence-electron chi connectivity index (χ2n) is 10.4. The number of fused-ring (bicyclic) bond motifs is 1. The third-order valence-corrected chi connectivity index (χ3v) is 8.42. The van der Waals surface area contributed by atoms with Crippen LogP contribution in [0.2, 0.25) is 0 Å². The van der Waals surface area contributed by atoms with Gasteiger partial charge >= 0.3 is 0 Å². The summed E-state index contributed by atoms with van der Waals surface area (Å²) in [6.07, 6.45) is 2.71. The molecule has 3 aliphatic rings. The number of carbonyl (C=O) groups excluding carboxylic acids is 3. The van der Waals surface area contributed by atoms with Crippen LogP contribution in [0.4, 0.5) is 11.4 Å². The fourth-order valence-electron chi connectivity index (χ4n) is 6.68. The highest BCUT2D eigenvalue weighted by Crippen LogP contribution is 2.64. The number of likely N-dealkylation sites (tertiary alicyclic amines) is 1. The van der Waals surface area contributed by atoms with Gasteiger partial charge in [-0.25, -0.2) is 0 Å². The molecule has 2 aromatic rings. The van der Waals surface area contributed by atoms with Gasteiger partial charge in [-0.3, -0.25) is 14.4 Å². The molecule has 0 aliphatic carbocycles. The fourth-order valence-corrected chi connectivity index (χ4v) is 6.68. The van der Waals surface area contributed by atoms with E-state index in [1.165, 1.54) is 0 Å². The molecule has 202 valence electrons. The first kappa shape index (κ1) is 26.2. The smallest absolute Gasteiger partial charge is 0.250 e. The first-order valence-corrected chi connectivity index (χ1v) is 13.3. The number of unbranched alkanes of at least 4 members (excludes halogenated alkanes) is 1. The molecule has 0 radical (unpaired) electrons. The van der Waals surface area contributed by atoms with Crippen LogP contribution in [0.25, 0.3) is 0 Å². The van der Waals surface area contributed by atoms with Crippen molar-refractivity contribution in [3.05, 3.63) is 54.6 Å². The summed E-state index contributed by atoms with van der Waals surface area (Å²) in [7, 11) is 1.57. The summed E-state index contributed by atoms with van der Waals surface area (Å²) >= 11 is 0. The van der Waals surface area contributed by atoms with Crippen molar-refractivity contribution in [3.63, 3.8) is 0 Å². The quantitative estimate of drug-likeness (QED) is 0.414. The Morgan fingerprint density at radius 2 is 1.71 bits per heavy atom. The van der Waals surface area contributed by atoms with Gasteiger partial charge in [-0.05, 0) is 68.5 Å². The van der Waals surface area contributed by atoms with Gasteiger partial charge < -0.3 is 30.1 Å². The Morgan fingerprint density at radius 1 is 1.03 bits per heavy atom. The van der Waals surface area contributed by atoms with Crippen LogP contribution in [0, 0.1) is 11.8 Å². The van der Waals surface area contributed by atoms with Crippen LogP contribution in [0.3, 0.4) is 0 Å². The number of benzene rings is 2. The number of para-hydroxylation sites is 1. The van der Waals surface area contributed by atoms with E-state index in [2.05, 4.69) is 10.6 Å². The van der Waals surface area contributed by atoms with Crippen LogP contribution in [0.15, 0.2) is 54.6 Å². The van der Waals surface area contributed by atoms with Crippen molar-refractivity contribution in [3.8, 4) is 5.75 Å². The number of aliphatic hydroxyl groups excluding tert-OH is 1. The van der Waals surface area contributed by atoms with Crippen molar-refractivity contribution in [2.75, 3.05) is 30.9 Å². The Bertz CT molecular complexity index is 1190. The number of methoxy groups -OCH3 is 1. The number of rotatable bonds is 10. The number of ether oxygens (including phenoxy) is 2. The molecule has 0 saturated carbocycles. The molecule has 3 amide bonds. The number of hydrogen-bond acceptors (Lipinski definition) is 6. The Kier molecular flexibility index (Phi) is 7.15. The van der Waals surface area contributed by atoms with E-state index in [0.717, 1.165) is 0 Å². The number of hydrogen-bond donors (Lipinski definition) is 3. The SMILES string of the molecule is CC[C@]12CCC3(O1)C(C(=O)Nc1ccc(OC)cc1)N(CCCCO)C(=O)[C@@H]3[C@H]2C(=O)Nc1ccccc1. The number of nitrogens with zero attached hydrogens (tertiary/aromatic N) is 1. The van der Waals surface area contributed by atoms with Crippen LogP contribution in [0.5, 0.6) is 5.75 Å². The summed E-state index contributed by atoms with van der Waals surface area (Å²) < 4.78 is 12.0. The third-order valence-electron chi connectivity index (χ3n) is 8.42. The summed E-state index contributed by atoms with van der Waals surface area (Å²) in [5.41, 5.74) is -0.675. The minimum atomic E-state index is -1.10. The molecule has 3 aliphatic heterocycles. The molecule has 38 heavy (non-hydrogen) atoms. The summed E-state index contributed by atoms with van der Waals surface area (Å²) in [6.45, 7) is 2.27. The monoisotopic (exact) mass is 521 g/mol. The molecule has 1 spiro atoms. The van der Waals surface area contributed by atoms with Crippen LogP contribution >= 0.6 is 0 Å². The second kappa shape index (κ2) is 10.4. The zero-order valence-electron chi connectivity index (χ0n) is 21.8.